The van der Waals surface area contributed by atoms with E-state index in [2.05, 4.69) is 26.7 Å². The monoisotopic (exact) mass is 346 g/mol. The molecule has 1 amide bonds. The molecule has 0 atom stereocenters. The van der Waals surface area contributed by atoms with Gasteiger partial charge in [0.2, 0.25) is 5.91 Å². The number of rotatable bonds is 5. The molecule has 2 heterocycles. The van der Waals surface area contributed by atoms with Crippen molar-refractivity contribution in [2.75, 3.05) is 13.1 Å². The Morgan fingerprint density at radius 1 is 1.36 bits per heavy atom. The van der Waals surface area contributed by atoms with Crippen LogP contribution < -0.4 is 5.32 Å². The highest BCUT2D eigenvalue weighted by Crippen LogP contribution is 2.23. The zero-order valence-electron chi connectivity index (χ0n) is 15.3. The summed E-state index contributed by atoms with van der Waals surface area (Å²) in [7, 11) is 0. The van der Waals surface area contributed by atoms with Crippen molar-refractivity contribution in [2.45, 2.75) is 52.7 Å². The molecule has 3 rings (SSSR count). The molecule has 1 N–H and O–H groups in total. The molecule has 1 saturated heterocycles. The molecule has 136 valence electrons. The number of halogens is 1. The molecule has 1 fully saturated rings. The quantitative estimate of drug-likeness (QED) is 0.906. The van der Waals surface area contributed by atoms with Crippen LogP contribution in [0.4, 0.5) is 4.39 Å². The van der Waals surface area contributed by atoms with Crippen LogP contribution in [0.5, 0.6) is 0 Å². The highest BCUT2D eigenvalue weighted by Gasteiger charge is 2.26. The van der Waals surface area contributed by atoms with Crippen LogP contribution in [-0.4, -0.2) is 39.5 Å². The van der Waals surface area contributed by atoms with Crippen LogP contribution in [0.25, 0.3) is 11.0 Å². The van der Waals surface area contributed by atoms with Gasteiger partial charge in [0, 0.05) is 18.5 Å². The molecule has 5 nitrogen and oxygen atoms in total. The Kier molecular flexibility index (Phi) is 5.37. The lowest BCUT2D eigenvalue weighted by atomic mass is 9.95. The fourth-order valence-corrected chi connectivity index (χ4v) is 3.59. The smallest absolute Gasteiger partial charge is 0.223 e. The largest absolute Gasteiger partial charge is 0.354 e. The minimum absolute atomic E-state index is 0.0982. The summed E-state index contributed by atoms with van der Waals surface area (Å²) >= 11 is 0. The molecular formula is C19H27FN4O. The average Bonchev–Trinajstić information content (AvgIpc) is 2.93. The van der Waals surface area contributed by atoms with E-state index < -0.39 is 0 Å². The summed E-state index contributed by atoms with van der Waals surface area (Å²) in [6.45, 7) is 9.22. The Hall–Kier alpha value is -1.95. The van der Waals surface area contributed by atoms with E-state index in [9.17, 15) is 9.18 Å². The van der Waals surface area contributed by atoms with Gasteiger partial charge in [-0.15, -0.1) is 0 Å². The van der Waals surface area contributed by atoms with E-state index >= 15 is 0 Å². The molecule has 6 heteroatoms. The number of hydrogen-bond donors (Lipinski definition) is 1. The van der Waals surface area contributed by atoms with Crippen LogP contribution in [0, 0.1) is 11.7 Å². The number of benzene rings is 1. The summed E-state index contributed by atoms with van der Waals surface area (Å²) in [5.74, 6) is 0.890. The minimum atomic E-state index is -0.269. The summed E-state index contributed by atoms with van der Waals surface area (Å²) in [6, 6.07) is 5.29. The molecule has 2 aromatic rings. The average molecular weight is 346 g/mol. The molecule has 1 aliphatic heterocycles. The molecule has 1 aromatic heterocycles. The number of hydrogen-bond acceptors (Lipinski definition) is 3. The number of fused-ring (bicyclic) bond motifs is 1. The first-order chi connectivity index (χ1) is 12.0. The summed E-state index contributed by atoms with van der Waals surface area (Å²) in [5.41, 5.74) is 1.30. The Bertz CT molecular complexity index is 747. The third kappa shape index (κ3) is 3.84. The van der Waals surface area contributed by atoms with Gasteiger partial charge in [-0.2, -0.15) is 0 Å². The van der Waals surface area contributed by atoms with Crippen molar-refractivity contribution >= 4 is 16.9 Å². The fraction of sp³-hybridized carbons (Fsp3) is 0.579. The van der Waals surface area contributed by atoms with E-state index in [4.69, 9.17) is 0 Å². The highest BCUT2D eigenvalue weighted by atomic mass is 19.1. The van der Waals surface area contributed by atoms with E-state index in [0.717, 1.165) is 43.8 Å². The Labute approximate surface area is 148 Å². The number of para-hydroxylation sites is 1. The van der Waals surface area contributed by atoms with Gasteiger partial charge in [-0.3, -0.25) is 9.69 Å². The zero-order valence-corrected chi connectivity index (χ0v) is 15.3. The van der Waals surface area contributed by atoms with Crippen molar-refractivity contribution in [1.29, 1.82) is 0 Å². The number of aryl methyl sites for hydroxylation is 1. The van der Waals surface area contributed by atoms with Crippen molar-refractivity contribution in [1.82, 2.24) is 19.8 Å². The SMILES string of the molecule is CCn1c(CN2CCC(C(=O)NC(C)C)CC2)nc2c(F)cccc21. The number of carbonyl (C=O) groups is 1. The molecule has 0 bridgehead atoms. The van der Waals surface area contributed by atoms with Crippen molar-refractivity contribution in [3.05, 3.63) is 29.8 Å². The molecule has 1 aliphatic rings. The van der Waals surface area contributed by atoms with Crippen LogP contribution in [0.2, 0.25) is 0 Å². The predicted molar refractivity (Wildman–Crippen MR) is 96.6 cm³/mol. The summed E-state index contributed by atoms with van der Waals surface area (Å²) in [6.07, 6.45) is 1.72. The van der Waals surface area contributed by atoms with Gasteiger partial charge in [0.25, 0.3) is 0 Å². The number of aromatic nitrogens is 2. The molecule has 0 aliphatic carbocycles. The van der Waals surface area contributed by atoms with Gasteiger partial charge < -0.3 is 9.88 Å². The van der Waals surface area contributed by atoms with Crippen LogP contribution in [0.3, 0.4) is 0 Å². The van der Waals surface area contributed by atoms with Crippen LogP contribution in [0.15, 0.2) is 18.2 Å². The number of amides is 1. The van der Waals surface area contributed by atoms with Crippen molar-refractivity contribution in [3.8, 4) is 0 Å². The van der Waals surface area contributed by atoms with Gasteiger partial charge in [-0.1, -0.05) is 6.07 Å². The number of carbonyl (C=O) groups excluding carboxylic acids is 1. The number of piperidine rings is 1. The Balaban J connectivity index is 1.67. The third-order valence-electron chi connectivity index (χ3n) is 4.88. The van der Waals surface area contributed by atoms with Crippen LogP contribution in [-0.2, 0) is 17.9 Å². The predicted octanol–water partition coefficient (Wildman–Crippen LogP) is 2.93. The van der Waals surface area contributed by atoms with Gasteiger partial charge in [-0.25, -0.2) is 9.37 Å². The molecule has 0 radical (unpaired) electrons. The Morgan fingerprint density at radius 3 is 2.72 bits per heavy atom. The maximum Gasteiger partial charge on any atom is 0.223 e. The number of nitrogens with zero attached hydrogens (tertiary/aromatic N) is 3. The fourth-order valence-electron chi connectivity index (χ4n) is 3.59. The Morgan fingerprint density at radius 2 is 2.08 bits per heavy atom. The summed E-state index contributed by atoms with van der Waals surface area (Å²) in [5, 5.41) is 3.00. The lowest BCUT2D eigenvalue weighted by Gasteiger charge is -2.31. The van der Waals surface area contributed by atoms with Gasteiger partial charge in [0.05, 0.1) is 12.1 Å². The van der Waals surface area contributed by atoms with Gasteiger partial charge in [0.1, 0.15) is 11.3 Å². The lowest BCUT2D eigenvalue weighted by molar-refractivity contribution is -0.127. The molecule has 1 aromatic carbocycles. The van der Waals surface area contributed by atoms with Crippen LogP contribution in [0.1, 0.15) is 39.4 Å². The van der Waals surface area contributed by atoms with Gasteiger partial charge >= 0.3 is 0 Å². The van der Waals surface area contributed by atoms with Crippen molar-refractivity contribution in [3.63, 3.8) is 0 Å². The van der Waals surface area contributed by atoms with E-state index in [1.807, 2.05) is 19.9 Å². The normalized spacial score (nSPS) is 16.7. The summed E-state index contributed by atoms with van der Waals surface area (Å²) in [4.78, 5) is 19.0. The molecular weight excluding hydrogens is 319 g/mol. The van der Waals surface area contributed by atoms with Crippen LogP contribution >= 0.6 is 0 Å². The highest BCUT2D eigenvalue weighted by molar-refractivity contribution is 5.79. The standard InChI is InChI=1S/C19H27FN4O/c1-4-24-16-7-5-6-15(20)18(16)22-17(24)12-23-10-8-14(9-11-23)19(25)21-13(2)3/h5-7,13-14H,4,8-12H2,1-3H3,(H,21,25). The first-order valence-electron chi connectivity index (χ1n) is 9.16. The maximum absolute atomic E-state index is 14.0. The van der Waals surface area contributed by atoms with Gasteiger partial charge in [0.15, 0.2) is 5.82 Å². The minimum Gasteiger partial charge on any atom is -0.354 e. The second-order valence-corrected chi connectivity index (χ2v) is 7.09. The third-order valence-corrected chi connectivity index (χ3v) is 4.88. The van der Waals surface area contributed by atoms with E-state index in [0.29, 0.717) is 12.1 Å². The zero-order chi connectivity index (χ0) is 18.0. The molecule has 0 saturated carbocycles. The molecule has 25 heavy (non-hydrogen) atoms. The lowest BCUT2D eigenvalue weighted by Crippen LogP contribution is -2.42. The molecule has 0 spiro atoms. The summed E-state index contributed by atoms with van der Waals surface area (Å²) < 4.78 is 16.1. The first-order valence-corrected chi connectivity index (χ1v) is 9.16. The van der Waals surface area contributed by atoms with E-state index in [1.54, 1.807) is 6.07 Å². The van der Waals surface area contributed by atoms with E-state index in [-0.39, 0.29) is 23.7 Å². The number of imidazole rings is 1. The van der Waals surface area contributed by atoms with Crippen molar-refractivity contribution < 1.29 is 9.18 Å². The topological polar surface area (TPSA) is 50.2 Å². The second kappa shape index (κ2) is 7.52. The first kappa shape index (κ1) is 17.9. The van der Waals surface area contributed by atoms with Gasteiger partial charge in [-0.05, 0) is 58.8 Å². The second-order valence-electron chi connectivity index (χ2n) is 7.09. The molecule has 0 unspecified atom stereocenters. The number of nitrogens with one attached hydrogen (secondary N) is 1. The van der Waals surface area contributed by atoms with E-state index in [1.165, 1.54) is 6.07 Å². The maximum atomic E-state index is 14.0. The van der Waals surface area contributed by atoms with Crippen molar-refractivity contribution in [2.24, 2.45) is 5.92 Å². The number of likely N-dealkylation sites (tertiary alicyclic amines) is 1.